The highest BCUT2D eigenvalue weighted by molar-refractivity contribution is 5.47. The van der Waals surface area contributed by atoms with Crippen LogP contribution in [0.3, 0.4) is 0 Å². The number of piperidine rings is 1. The molecule has 0 N–H and O–H groups in total. The molecule has 142 valence electrons. The van der Waals surface area contributed by atoms with E-state index in [9.17, 15) is 0 Å². The molecule has 2 atom stereocenters. The van der Waals surface area contributed by atoms with Gasteiger partial charge < -0.3 is 9.64 Å². The summed E-state index contributed by atoms with van der Waals surface area (Å²) in [6.45, 7) is 3.31. The summed E-state index contributed by atoms with van der Waals surface area (Å²) < 4.78 is 6.68. The van der Waals surface area contributed by atoms with Crippen molar-refractivity contribution in [1.29, 1.82) is 0 Å². The molecule has 2 heterocycles. The lowest BCUT2D eigenvalue weighted by atomic mass is 9.74. The number of hydrogen-bond acceptors (Lipinski definition) is 2. The van der Waals surface area contributed by atoms with Crippen LogP contribution in [0.5, 0.6) is 5.75 Å². The maximum Gasteiger partial charge on any atom is 0.143 e. The molecule has 2 heteroatoms. The van der Waals surface area contributed by atoms with Gasteiger partial charge in [0.05, 0.1) is 0 Å². The van der Waals surface area contributed by atoms with Crippen LogP contribution >= 0.6 is 0 Å². The third kappa shape index (κ3) is 3.12. The Balaban J connectivity index is 1.35. The van der Waals surface area contributed by atoms with Gasteiger partial charge in [-0.05, 0) is 36.6 Å². The van der Waals surface area contributed by atoms with Crippen molar-refractivity contribution < 1.29 is 4.74 Å². The van der Waals surface area contributed by atoms with E-state index >= 15 is 0 Å². The number of rotatable bonds is 5. The van der Waals surface area contributed by atoms with E-state index in [-0.39, 0.29) is 5.60 Å². The standard InChI is InChI=1S/C26H27NO/c1-3-10-21(11-4-1)12-9-18-27-19-17-26(22-13-5-2-6-14-22)24(20-27)23-15-7-8-16-25(23)28-26/h1-8,10-11,13-16,24H,9,12,17-20H2/t24-,26+/m1/s1. The third-order valence-electron chi connectivity index (χ3n) is 6.43. The Morgan fingerprint density at radius 1 is 0.857 bits per heavy atom. The molecule has 2 nitrogen and oxygen atoms in total. The highest BCUT2D eigenvalue weighted by atomic mass is 16.5. The van der Waals surface area contributed by atoms with Crippen molar-refractivity contribution in [3.63, 3.8) is 0 Å². The van der Waals surface area contributed by atoms with Gasteiger partial charge in [0.15, 0.2) is 0 Å². The number of hydrogen-bond donors (Lipinski definition) is 0. The monoisotopic (exact) mass is 369 g/mol. The maximum atomic E-state index is 6.68. The summed E-state index contributed by atoms with van der Waals surface area (Å²) in [5.74, 6) is 1.47. The number of para-hydroxylation sites is 1. The van der Waals surface area contributed by atoms with E-state index in [1.165, 1.54) is 23.1 Å². The van der Waals surface area contributed by atoms with Crippen molar-refractivity contribution in [1.82, 2.24) is 4.90 Å². The van der Waals surface area contributed by atoms with Gasteiger partial charge in [-0.2, -0.15) is 0 Å². The van der Waals surface area contributed by atoms with Crippen LogP contribution in [0, 0.1) is 0 Å². The number of fused-ring (bicyclic) bond motifs is 3. The van der Waals surface area contributed by atoms with Gasteiger partial charge in [-0.3, -0.25) is 0 Å². The second-order valence-electron chi connectivity index (χ2n) is 8.09. The molecule has 0 aromatic heterocycles. The fraction of sp³-hybridized carbons (Fsp3) is 0.308. The Kier molecular flexibility index (Phi) is 4.66. The van der Waals surface area contributed by atoms with Crippen LogP contribution in [0.4, 0.5) is 0 Å². The molecular weight excluding hydrogens is 342 g/mol. The minimum atomic E-state index is -0.207. The van der Waals surface area contributed by atoms with E-state index in [1.54, 1.807) is 0 Å². The summed E-state index contributed by atoms with van der Waals surface area (Å²) in [6, 6.07) is 30.3. The number of aryl methyl sites for hydroxylation is 1. The Bertz CT molecular complexity index is 923. The Hall–Kier alpha value is -2.58. The third-order valence-corrected chi connectivity index (χ3v) is 6.43. The quantitative estimate of drug-likeness (QED) is 0.597. The van der Waals surface area contributed by atoms with E-state index in [2.05, 4.69) is 89.8 Å². The molecule has 0 aliphatic carbocycles. The maximum absolute atomic E-state index is 6.68. The van der Waals surface area contributed by atoms with Crippen LogP contribution < -0.4 is 4.74 Å². The summed E-state index contributed by atoms with van der Waals surface area (Å²) in [6.07, 6.45) is 3.40. The molecule has 2 aliphatic heterocycles. The SMILES string of the molecule is c1ccc(CCCN2CC[C@@]3(c4ccccc4)Oc4ccccc4[C@H]3C2)cc1. The Labute approximate surface area is 167 Å². The predicted octanol–water partition coefficient (Wildman–Crippen LogP) is 5.40. The average Bonchev–Trinajstić information content (AvgIpc) is 3.10. The first kappa shape index (κ1) is 17.5. The topological polar surface area (TPSA) is 12.5 Å². The van der Waals surface area contributed by atoms with E-state index in [4.69, 9.17) is 4.74 Å². The highest BCUT2D eigenvalue weighted by Crippen LogP contribution is 2.54. The van der Waals surface area contributed by atoms with Gasteiger partial charge in [-0.15, -0.1) is 0 Å². The van der Waals surface area contributed by atoms with Crippen LogP contribution in [0.15, 0.2) is 84.9 Å². The zero-order valence-electron chi connectivity index (χ0n) is 16.3. The molecule has 0 bridgehead atoms. The second kappa shape index (κ2) is 7.44. The number of nitrogens with zero attached hydrogens (tertiary/aromatic N) is 1. The molecule has 1 fully saturated rings. The number of ether oxygens (including phenoxy) is 1. The van der Waals surface area contributed by atoms with Gasteiger partial charge >= 0.3 is 0 Å². The predicted molar refractivity (Wildman–Crippen MR) is 114 cm³/mol. The van der Waals surface area contributed by atoms with Gasteiger partial charge in [0, 0.05) is 31.0 Å². The number of benzene rings is 3. The fourth-order valence-corrected chi connectivity index (χ4v) is 5.00. The summed E-state index contributed by atoms with van der Waals surface area (Å²) in [7, 11) is 0. The van der Waals surface area contributed by atoms with Crippen molar-refractivity contribution in [2.75, 3.05) is 19.6 Å². The van der Waals surface area contributed by atoms with Gasteiger partial charge in [-0.1, -0.05) is 78.9 Å². The van der Waals surface area contributed by atoms with Crippen LogP contribution in [0.25, 0.3) is 0 Å². The summed E-state index contributed by atoms with van der Waals surface area (Å²) in [5.41, 5.74) is 3.92. The van der Waals surface area contributed by atoms with Gasteiger partial charge in [0.1, 0.15) is 11.4 Å². The molecule has 1 saturated heterocycles. The van der Waals surface area contributed by atoms with Gasteiger partial charge in [0.25, 0.3) is 0 Å². The zero-order chi connectivity index (χ0) is 18.8. The molecule has 0 radical (unpaired) electrons. The molecule has 3 aromatic carbocycles. The minimum absolute atomic E-state index is 0.207. The van der Waals surface area contributed by atoms with Crippen molar-refractivity contribution in [3.05, 3.63) is 102 Å². The van der Waals surface area contributed by atoms with Crippen molar-refractivity contribution in [2.45, 2.75) is 30.8 Å². The van der Waals surface area contributed by atoms with E-state index in [0.29, 0.717) is 5.92 Å². The molecule has 2 aliphatic rings. The van der Waals surface area contributed by atoms with Crippen molar-refractivity contribution in [2.24, 2.45) is 0 Å². The van der Waals surface area contributed by atoms with E-state index < -0.39 is 0 Å². The molecule has 0 saturated carbocycles. The normalized spacial score (nSPS) is 23.6. The number of likely N-dealkylation sites (tertiary alicyclic amines) is 1. The Morgan fingerprint density at radius 3 is 2.39 bits per heavy atom. The van der Waals surface area contributed by atoms with Crippen LogP contribution in [0.1, 0.15) is 35.4 Å². The van der Waals surface area contributed by atoms with E-state index in [1.807, 2.05) is 0 Å². The average molecular weight is 370 g/mol. The molecule has 5 rings (SSSR count). The fourth-order valence-electron chi connectivity index (χ4n) is 5.00. The molecule has 28 heavy (non-hydrogen) atoms. The van der Waals surface area contributed by atoms with Crippen LogP contribution in [0.2, 0.25) is 0 Å². The lowest BCUT2D eigenvalue weighted by Crippen LogP contribution is -2.49. The van der Waals surface area contributed by atoms with Crippen LogP contribution in [-0.4, -0.2) is 24.5 Å². The van der Waals surface area contributed by atoms with Gasteiger partial charge in [-0.25, -0.2) is 0 Å². The van der Waals surface area contributed by atoms with Crippen molar-refractivity contribution >= 4 is 0 Å². The summed E-state index contributed by atoms with van der Waals surface area (Å²) in [4.78, 5) is 2.64. The highest BCUT2D eigenvalue weighted by Gasteiger charge is 2.52. The molecule has 0 unspecified atom stereocenters. The van der Waals surface area contributed by atoms with Crippen LogP contribution in [-0.2, 0) is 12.0 Å². The first-order valence-corrected chi connectivity index (χ1v) is 10.4. The first-order chi connectivity index (χ1) is 13.9. The molecular formula is C26H27NO. The first-order valence-electron chi connectivity index (χ1n) is 10.4. The molecule has 3 aromatic rings. The lowest BCUT2D eigenvalue weighted by Gasteiger charge is -2.43. The summed E-state index contributed by atoms with van der Waals surface area (Å²) in [5, 5.41) is 0. The molecule has 0 amide bonds. The lowest BCUT2D eigenvalue weighted by molar-refractivity contribution is -0.000377. The smallest absolute Gasteiger partial charge is 0.143 e. The largest absolute Gasteiger partial charge is 0.482 e. The van der Waals surface area contributed by atoms with E-state index in [0.717, 1.165) is 38.2 Å². The van der Waals surface area contributed by atoms with Gasteiger partial charge in [0.2, 0.25) is 0 Å². The molecule has 0 spiro atoms. The van der Waals surface area contributed by atoms with Crippen molar-refractivity contribution in [3.8, 4) is 5.75 Å². The Morgan fingerprint density at radius 2 is 1.57 bits per heavy atom. The zero-order valence-corrected chi connectivity index (χ0v) is 16.3. The minimum Gasteiger partial charge on any atom is -0.482 e. The second-order valence-corrected chi connectivity index (χ2v) is 8.09. The summed E-state index contributed by atoms with van der Waals surface area (Å²) >= 11 is 0.